The molecular formula is C66H93N7O9. The highest BCUT2D eigenvalue weighted by Gasteiger charge is 2.34. The molecule has 4 amide bonds. The number of carbonyl (C=O) groups is 5. The van der Waals surface area contributed by atoms with Crippen LogP contribution in [0.3, 0.4) is 0 Å². The number of anilines is 2. The van der Waals surface area contributed by atoms with Crippen LogP contribution in [0.25, 0.3) is 0 Å². The first kappa shape index (κ1) is 63.1. The third kappa shape index (κ3) is 18.8. The number of aliphatic carboxylic acids is 1. The zero-order chi connectivity index (χ0) is 59.1. The lowest BCUT2D eigenvalue weighted by Gasteiger charge is -2.40. The average Bonchev–Trinajstić information content (AvgIpc) is 3.60. The van der Waals surface area contributed by atoms with Crippen molar-refractivity contribution in [3.05, 3.63) is 118 Å². The van der Waals surface area contributed by atoms with Crippen LogP contribution in [-0.2, 0) is 49.8 Å². The smallest absolute Gasteiger partial charge is 0.410 e. The van der Waals surface area contributed by atoms with Crippen molar-refractivity contribution in [3.8, 4) is 11.5 Å². The molecule has 4 aromatic carbocycles. The largest absolute Gasteiger partial charge is 0.490 e. The summed E-state index contributed by atoms with van der Waals surface area (Å²) in [5.74, 6) is 0.940. The van der Waals surface area contributed by atoms with E-state index in [1.165, 1.54) is 16.7 Å². The van der Waals surface area contributed by atoms with Crippen LogP contribution in [0.5, 0.6) is 11.5 Å². The molecular weight excluding hydrogens is 1030 g/mol. The number of nitrogens with one attached hydrogen (secondary N) is 2. The SMILES string of the molecule is CCCNC(=O)Cc1cccc(O[C@H]2CC[C@H](C(=O)N(C)c3ccc(CN4CCN[C@@H](C)C4)c(C)c3)CC2)c1.Cc1cc(N(C)C(=O)[C@H]2CC[C@H](Oc3cccc(CC(=O)O)c3)CC2)ccc1CN1CCN(C(=O)OC(C)(C)C)[C@@H](C)C1. The highest BCUT2D eigenvalue weighted by molar-refractivity contribution is 5.95. The second-order valence-corrected chi connectivity index (χ2v) is 24.4. The molecule has 446 valence electrons. The summed E-state index contributed by atoms with van der Waals surface area (Å²) in [5.41, 5.74) is 7.94. The standard InChI is InChI=1S/C34H47N3O6.C32H46N4O3/c1-23-18-28(13-10-27(23)22-36-16-17-37(24(2)21-36)33(41)43-34(3,4)5)35(6)32(40)26-11-14-29(15-12-26)42-30-9-7-8-25(19-30)20-31(38)39;1-5-15-34-31(37)20-25-7-6-8-30(19-25)39-29-13-10-26(11-14-29)32(38)35(4)28-12-9-27(23(2)18-28)22-36-17-16-33-24(3)21-36/h7-10,13,18-19,24,26,29H,11-12,14-17,20-22H2,1-6H3,(H,38,39);6-9,12,18-19,24,26,29,33H,5,10-11,13-17,20-22H2,1-4H3,(H,34,37)/t2*24-,26-,29-/m00/s1. The van der Waals surface area contributed by atoms with Crippen molar-refractivity contribution < 1.29 is 43.3 Å². The van der Waals surface area contributed by atoms with E-state index in [1.54, 1.807) is 17.0 Å². The lowest BCUT2D eigenvalue weighted by molar-refractivity contribution is -0.136. The average molecular weight is 1130 g/mol. The molecule has 2 aliphatic carbocycles. The van der Waals surface area contributed by atoms with Crippen LogP contribution in [0.2, 0.25) is 0 Å². The van der Waals surface area contributed by atoms with Crippen LogP contribution in [0, 0.1) is 25.7 Å². The monoisotopic (exact) mass is 1130 g/mol. The highest BCUT2D eigenvalue weighted by Crippen LogP contribution is 2.33. The Morgan fingerprint density at radius 3 is 1.61 bits per heavy atom. The summed E-state index contributed by atoms with van der Waals surface area (Å²) in [5, 5.41) is 15.5. The molecule has 2 saturated heterocycles. The van der Waals surface area contributed by atoms with E-state index in [-0.39, 0.29) is 60.3 Å². The Labute approximate surface area is 488 Å². The van der Waals surface area contributed by atoms with Crippen molar-refractivity contribution in [2.24, 2.45) is 11.8 Å². The van der Waals surface area contributed by atoms with Crippen LogP contribution in [0.15, 0.2) is 84.9 Å². The molecule has 4 fully saturated rings. The van der Waals surface area contributed by atoms with Gasteiger partial charge in [0.25, 0.3) is 0 Å². The van der Waals surface area contributed by atoms with Crippen LogP contribution < -0.4 is 29.9 Å². The second kappa shape index (κ2) is 29.7. The van der Waals surface area contributed by atoms with E-state index in [2.05, 4.69) is 78.5 Å². The number of carboxylic acids is 1. The van der Waals surface area contributed by atoms with Crippen LogP contribution in [0.1, 0.15) is 133 Å². The molecule has 0 unspecified atom stereocenters. The van der Waals surface area contributed by atoms with E-state index < -0.39 is 11.6 Å². The molecule has 2 saturated carbocycles. The number of hydrogen-bond donors (Lipinski definition) is 3. The lowest BCUT2D eigenvalue weighted by atomic mass is 9.86. The van der Waals surface area contributed by atoms with Crippen molar-refractivity contribution in [1.29, 1.82) is 0 Å². The Hall–Kier alpha value is -6.49. The van der Waals surface area contributed by atoms with Gasteiger partial charge in [0.1, 0.15) is 17.1 Å². The highest BCUT2D eigenvalue weighted by atomic mass is 16.6. The molecule has 4 aromatic rings. The lowest BCUT2D eigenvalue weighted by Crippen LogP contribution is -2.54. The van der Waals surface area contributed by atoms with Crippen molar-refractivity contribution in [3.63, 3.8) is 0 Å². The summed E-state index contributed by atoms with van der Waals surface area (Å²) in [6, 6.07) is 28.3. The summed E-state index contributed by atoms with van der Waals surface area (Å²) in [6.07, 6.45) is 7.56. The number of carbonyl (C=O) groups excluding carboxylic acids is 4. The zero-order valence-electron chi connectivity index (χ0n) is 50.6. The van der Waals surface area contributed by atoms with Crippen molar-refractivity contribution in [2.75, 3.05) is 69.7 Å². The van der Waals surface area contributed by atoms with Gasteiger partial charge in [-0.2, -0.15) is 0 Å². The molecule has 0 spiro atoms. The van der Waals surface area contributed by atoms with E-state index in [1.807, 2.05) is 94.1 Å². The Kier molecular flexibility index (Phi) is 22.8. The predicted octanol–water partition coefficient (Wildman–Crippen LogP) is 10.1. The number of piperazine rings is 2. The third-order valence-corrected chi connectivity index (χ3v) is 16.4. The zero-order valence-corrected chi connectivity index (χ0v) is 50.6. The minimum atomic E-state index is -0.866. The van der Waals surface area contributed by atoms with E-state index in [0.29, 0.717) is 36.9 Å². The fourth-order valence-corrected chi connectivity index (χ4v) is 11.7. The van der Waals surface area contributed by atoms with Gasteiger partial charge in [-0.05, 0) is 188 Å². The van der Waals surface area contributed by atoms with Gasteiger partial charge < -0.3 is 44.7 Å². The molecule has 8 rings (SSSR count). The predicted molar refractivity (Wildman–Crippen MR) is 324 cm³/mol. The van der Waals surface area contributed by atoms with Gasteiger partial charge in [-0.15, -0.1) is 0 Å². The first-order chi connectivity index (χ1) is 39.1. The van der Waals surface area contributed by atoms with Gasteiger partial charge in [0.15, 0.2) is 0 Å². The van der Waals surface area contributed by atoms with Crippen LogP contribution in [-0.4, -0.2) is 139 Å². The molecule has 0 bridgehead atoms. The molecule has 2 heterocycles. The molecule has 2 atom stereocenters. The quantitative estimate of drug-likeness (QED) is 0.0862. The Balaban J connectivity index is 0.000000237. The molecule has 2 aliphatic heterocycles. The molecule has 16 heteroatoms. The number of hydrogen-bond acceptors (Lipinski definition) is 11. The number of aryl methyl sites for hydroxylation is 2. The van der Waals surface area contributed by atoms with E-state index >= 15 is 0 Å². The van der Waals surface area contributed by atoms with Gasteiger partial charge in [-0.3, -0.25) is 29.0 Å². The minimum absolute atomic E-state index is 0.0182. The number of rotatable bonds is 18. The van der Waals surface area contributed by atoms with Crippen molar-refractivity contribution in [1.82, 2.24) is 25.3 Å². The summed E-state index contributed by atoms with van der Waals surface area (Å²) < 4.78 is 18.0. The number of ether oxygens (including phenoxy) is 3. The second-order valence-electron chi connectivity index (χ2n) is 24.4. The molecule has 16 nitrogen and oxygen atoms in total. The Morgan fingerprint density at radius 1 is 0.659 bits per heavy atom. The van der Waals surface area contributed by atoms with E-state index in [4.69, 9.17) is 19.3 Å². The number of carboxylic acid groups (broad SMARTS) is 1. The normalized spacial score (nSPS) is 21.5. The topological polar surface area (TPSA) is 174 Å². The molecule has 82 heavy (non-hydrogen) atoms. The van der Waals surface area contributed by atoms with Crippen molar-refractivity contribution >= 4 is 41.2 Å². The van der Waals surface area contributed by atoms with Gasteiger partial charge in [0.2, 0.25) is 17.7 Å². The molecule has 4 aliphatic rings. The van der Waals surface area contributed by atoms with Crippen LogP contribution in [0.4, 0.5) is 16.2 Å². The Bertz CT molecular complexity index is 2780. The maximum atomic E-state index is 13.4. The Morgan fingerprint density at radius 2 is 1.16 bits per heavy atom. The molecule has 0 radical (unpaired) electrons. The van der Waals surface area contributed by atoms with Gasteiger partial charge in [0.05, 0.1) is 25.0 Å². The fraction of sp³-hybridized carbons (Fsp3) is 0.561. The summed E-state index contributed by atoms with van der Waals surface area (Å²) in [6.45, 7) is 24.0. The van der Waals surface area contributed by atoms with Gasteiger partial charge >= 0.3 is 12.1 Å². The number of benzene rings is 4. The van der Waals surface area contributed by atoms with E-state index in [9.17, 15) is 24.0 Å². The first-order valence-electron chi connectivity index (χ1n) is 30.0. The van der Waals surface area contributed by atoms with E-state index in [0.717, 1.165) is 132 Å². The molecule has 3 N–H and O–H groups in total. The third-order valence-electron chi connectivity index (χ3n) is 16.4. The maximum absolute atomic E-state index is 13.4. The first-order valence-corrected chi connectivity index (χ1v) is 30.0. The fourth-order valence-electron chi connectivity index (χ4n) is 11.7. The van der Waals surface area contributed by atoms with Gasteiger partial charge in [-0.25, -0.2) is 4.79 Å². The number of nitrogens with zero attached hydrogens (tertiary/aromatic N) is 5. The number of amides is 4. The molecule has 0 aromatic heterocycles. The van der Waals surface area contributed by atoms with Crippen LogP contribution >= 0.6 is 0 Å². The maximum Gasteiger partial charge on any atom is 0.410 e. The van der Waals surface area contributed by atoms with Gasteiger partial charge in [0, 0.05) is 108 Å². The van der Waals surface area contributed by atoms with Crippen molar-refractivity contribution in [2.45, 2.75) is 169 Å². The summed E-state index contributed by atoms with van der Waals surface area (Å²) >= 11 is 0. The summed E-state index contributed by atoms with van der Waals surface area (Å²) in [4.78, 5) is 72.7. The summed E-state index contributed by atoms with van der Waals surface area (Å²) in [7, 11) is 3.75. The van der Waals surface area contributed by atoms with Gasteiger partial charge in [-0.1, -0.05) is 43.3 Å². The minimum Gasteiger partial charge on any atom is -0.490 e.